The molecule has 0 saturated carbocycles. The molecular weight excluding hydrogens is 282 g/mol. The van der Waals surface area contributed by atoms with Crippen LogP contribution in [0.4, 0.5) is 14.7 Å². The largest absolute Gasteiger partial charge is 0.463 e. The van der Waals surface area contributed by atoms with Crippen molar-refractivity contribution in [1.29, 1.82) is 0 Å². The van der Waals surface area contributed by atoms with Gasteiger partial charge in [-0.25, -0.2) is 8.78 Å². The van der Waals surface area contributed by atoms with Crippen molar-refractivity contribution < 1.29 is 18.3 Å². The molecule has 19 heavy (non-hydrogen) atoms. The molecule has 6 nitrogen and oxygen atoms in total. The van der Waals surface area contributed by atoms with Crippen LogP contribution < -0.4 is 10.1 Å². The molecule has 1 rings (SSSR count). The van der Waals surface area contributed by atoms with Gasteiger partial charge in [-0.3, -0.25) is 0 Å². The SMILES string of the molecule is CCCOc1nc(Cl)nc(NCCOCC(F)F)n1. The molecular formula is C10H15ClF2N4O2. The number of rotatable bonds is 9. The van der Waals surface area contributed by atoms with Gasteiger partial charge in [-0.15, -0.1) is 0 Å². The summed E-state index contributed by atoms with van der Waals surface area (Å²) in [6, 6.07) is 0.123. The molecule has 108 valence electrons. The lowest BCUT2D eigenvalue weighted by atomic mass is 10.5. The zero-order valence-corrected chi connectivity index (χ0v) is 11.2. The Balaban J connectivity index is 2.38. The summed E-state index contributed by atoms with van der Waals surface area (Å²) >= 11 is 5.70. The summed E-state index contributed by atoms with van der Waals surface area (Å²) < 4.78 is 33.5. The van der Waals surface area contributed by atoms with Crippen LogP contribution in [0.5, 0.6) is 6.01 Å². The van der Waals surface area contributed by atoms with E-state index in [0.29, 0.717) is 6.61 Å². The maximum absolute atomic E-state index is 11.8. The Morgan fingerprint density at radius 3 is 2.74 bits per heavy atom. The van der Waals surface area contributed by atoms with Crippen LogP contribution in [0.2, 0.25) is 5.28 Å². The van der Waals surface area contributed by atoms with Gasteiger partial charge in [-0.2, -0.15) is 15.0 Å². The fourth-order valence-electron chi connectivity index (χ4n) is 1.08. The van der Waals surface area contributed by atoms with E-state index in [-0.39, 0.29) is 30.4 Å². The maximum atomic E-state index is 11.8. The van der Waals surface area contributed by atoms with Crippen LogP contribution in [0, 0.1) is 0 Å². The fraction of sp³-hybridized carbons (Fsp3) is 0.700. The molecule has 1 aromatic heterocycles. The number of halogens is 3. The predicted octanol–water partition coefficient (Wildman–Crippen LogP) is 2.01. The molecule has 0 aliphatic carbocycles. The average Bonchev–Trinajstić information content (AvgIpc) is 2.35. The molecule has 0 saturated heterocycles. The molecule has 1 N–H and O–H groups in total. The Kier molecular flexibility index (Phi) is 7.27. The number of alkyl halides is 2. The molecule has 0 radical (unpaired) electrons. The van der Waals surface area contributed by atoms with Crippen molar-refractivity contribution in [2.24, 2.45) is 0 Å². The van der Waals surface area contributed by atoms with Crippen molar-refractivity contribution in [2.75, 3.05) is 31.7 Å². The summed E-state index contributed by atoms with van der Waals surface area (Å²) in [7, 11) is 0. The monoisotopic (exact) mass is 296 g/mol. The normalized spacial score (nSPS) is 10.8. The first-order valence-electron chi connectivity index (χ1n) is 5.76. The van der Waals surface area contributed by atoms with Crippen LogP contribution in [0.3, 0.4) is 0 Å². The van der Waals surface area contributed by atoms with Crippen molar-refractivity contribution >= 4 is 17.5 Å². The number of anilines is 1. The Labute approximate surface area is 114 Å². The summed E-state index contributed by atoms with van der Waals surface area (Å²) in [4.78, 5) is 11.6. The lowest BCUT2D eigenvalue weighted by Crippen LogP contribution is -2.15. The van der Waals surface area contributed by atoms with E-state index in [1.807, 2.05) is 6.92 Å². The number of hydrogen-bond acceptors (Lipinski definition) is 6. The van der Waals surface area contributed by atoms with Crippen LogP contribution in [0.25, 0.3) is 0 Å². The number of nitrogens with one attached hydrogen (secondary N) is 1. The van der Waals surface area contributed by atoms with E-state index >= 15 is 0 Å². The lowest BCUT2D eigenvalue weighted by Gasteiger charge is -2.07. The van der Waals surface area contributed by atoms with E-state index in [4.69, 9.17) is 21.1 Å². The standard InChI is InChI=1S/C10H15ClF2N4O2/c1-2-4-19-10-16-8(11)15-9(17-10)14-3-5-18-6-7(12)13/h7H,2-6H2,1H3,(H,14,15,16,17). The summed E-state index contributed by atoms with van der Waals surface area (Å²) in [5, 5.41) is 2.78. The Hall–Kier alpha value is -1.28. The molecule has 1 heterocycles. The van der Waals surface area contributed by atoms with Crippen molar-refractivity contribution in [3.8, 4) is 6.01 Å². The molecule has 0 aromatic carbocycles. The van der Waals surface area contributed by atoms with Gasteiger partial charge in [-0.1, -0.05) is 6.92 Å². The van der Waals surface area contributed by atoms with Gasteiger partial charge in [0.1, 0.15) is 6.61 Å². The quantitative estimate of drug-likeness (QED) is 0.703. The van der Waals surface area contributed by atoms with Crippen molar-refractivity contribution in [3.05, 3.63) is 5.28 Å². The molecule has 9 heteroatoms. The number of aromatic nitrogens is 3. The van der Waals surface area contributed by atoms with Crippen LogP contribution in [-0.4, -0.2) is 47.7 Å². The van der Waals surface area contributed by atoms with Crippen molar-refractivity contribution in [2.45, 2.75) is 19.8 Å². The molecule has 0 spiro atoms. The maximum Gasteiger partial charge on any atom is 0.322 e. The average molecular weight is 297 g/mol. The minimum Gasteiger partial charge on any atom is -0.463 e. The van der Waals surface area contributed by atoms with Gasteiger partial charge >= 0.3 is 6.01 Å². The van der Waals surface area contributed by atoms with E-state index in [1.54, 1.807) is 0 Å². The summed E-state index contributed by atoms with van der Waals surface area (Å²) in [5.74, 6) is 0.215. The number of nitrogens with zero attached hydrogens (tertiary/aromatic N) is 3. The molecule has 0 atom stereocenters. The van der Waals surface area contributed by atoms with Gasteiger partial charge in [0.05, 0.1) is 13.2 Å². The highest BCUT2D eigenvalue weighted by Crippen LogP contribution is 2.11. The van der Waals surface area contributed by atoms with Crippen molar-refractivity contribution in [1.82, 2.24) is 15.0 Å². The second kappa shape index (κ2) is 8.76. The summed E-state index contributed by atoms with van der Waals surface area (Å²) in [6.07, 6.45) is -1.66. The Morgan fingerprint density at radius 1 is 1.26 bits per heavy atom. The zero-order valence-electron chi connectivity index (χ0n) is 10.4. The van der Waals surface area contributed by atoms with E-state index in [9.17, 15) is 8.78 Å². The first kappa shape index (κ1) is 15.8. The third-order valence-electron chi connectivity index (χ3n) is 1.80. The first-order chi connectivity index (χ1) is 9.11. The van der Waals surface area contributed by atoms with E-state index in [1.165, 1.54) is 0 Å². The summed E-state index contributed by atoms with van der Waals surface area (Å²) in [6.45, 7) is 2.21. The lowest BCUT2D eigenvalue weighted by molar-refractivity contribution is 0.0214. The van der Waals surface area contributed by atoms with Gasteiger partial charge in [0.25, 0.3) is 6.43 Å². The van der Waals surface area contributed by atoms with Crippen molar-refractivity contribution in [3.63, 3.8) is 0 Å². The van der Waals surface area contributed by atoms with Crippen LogP contribution in [0.15, 0.2) is 0 Å². The predicted molar refractivity (Wildman–Crippen MR) is 65.9 cm³/mol. The highest BCUT2D eigenvalue weighted by molar-refractivity contribution is 6.28. The third-order valence-corrected chi connectivity index (χ3v) is 1.97. The smallest absolute Gasteiger partial charge is 0.322 e. The number of hydrogen-bond donors (Lipinski definition) is 1. The summed E-state index contributed by atoms with van der Waals surface area (Å²) in [5.41, 5.74) is 0. The van der Waals surface area contributed by atoms with Crippen LogP contribution >= 0.6 is 11.6 Å². The highest BCUT2D eigenvalue weighted by atomic mass is 35.5. The van der Waals surface area contributed by atoms with Gasteiger partial charge in [-0.05, 0) is 18.0 Å². The molecule has 0 unspecified atom stereocenters. The zero-order chi connectivity index (χ0) is 14.1. The molecule has 1 aromatic rings. The second-order valence-corrected chi connectivity index (χ2v) is 3.79. The van der Waals surface area contributed by atoms with Gasteiger partial charge in [0, 0.05) is 6.54 Å². The minimum absolute atomic E-state index is 0.00268. The van der Waals surface area contributed by atoms with E-state index in [0.717, 1.165) is 6.42 Å². The van der Waals surface area contributed by atoms with Crippen LogP contribution in [0.1, 0.15) is 13.3 Å². The minimum atomic E-state index is -2.47. The Morgan fingerprint density at radius 2 is 2.05 bits per heavy atom. The molecule has 0 amide bonds. The topological polar surface area (TPSA) is 69.2 Å². The Bertz CT molecular complexity index is 385. The van der Waals surface area contributed by atoms with E-state index in [2.05, 4.69) is 20.3 Å². The fourth-order valence-corrected chi connectivity index (χ4v) is 1.23. The van der Waals surface area contributed by atoms with Gasteiger partial charge in [0.15, 0.2) is 0 Å². The molecule has 0 aliphatic heterocycles. The molecule has 0 aliphatic rings. The molecule has 0 fully saturated rings. The third kappa shape index (κ3) is 7.02. The first-order valence-corrected chi connectivity index (χ1v) is 6.13. The van der Waals surface area contributed by atoms with E-state index < -0.39 is 13.0 Å². The second-order valence-electron chi connectivity index (χ2n) is 3.45. The van der Waals surface area contributed by atoms with Gasteiger partial charge < -0.3 is 14.8 Å². The van der Waals surface area contributed by atoms with Crippen LogP contribution in [-0.2, 0) is 4.74 Å². The highest BCUT2D eigenvalue weighted by Gasteiger charge is 2.06. The molecule has 0 bridgehead atoms. The van der Waals surface area contributed by atoms with Gasteiger partial charge in [0.2, 0.25) is 11.2 Å². The number of ether oxygens (including phenoxy) is 2.